The standard InChI is InChI=1S/C20H23FN6O4S/c1-12-9-14-15(25-12)5-6-16(18(14)21)31-20-19-13(2)17(10-27(19)23-11-22-20)30-8-7-24-32(28,29)26(3)4/h5-6,9-12,24H,7-8H2,1-4H3. The molecule has 0 saturated carbocycles. The van der Waals surface area contributed by atoms with E-state index in [-0.39, 0.29) is 30.8 Å². The van der Waals surface area contributed by atoms with Gasteiger partial charge in [0.05, 0.1) is 17.6 Å². The lowest BCUT2D eigenvalue weighted by Gasteiger charge is -2.12. The largest absolute Gasteiger partial charge is 0.490 e. The van der Waals surface area contributed by atoms with Gasteiger partial charge in [-0.25, -0.2) is 8.91 Å². The van der Waals surface area contributed by atoms with E-state index in [2.05, 4.69) is 19.8 Å². The molecule has 0 aliphatic carbocycles. The van der Waals surface area contributed by atoms with E-state index in [0.717, 1.165) is 4.31 Å². The number of halogens is 1. The second kappa shape index (κ2) is 8.45. The van der Waals surface area contributed by atoms with E-state index in [1.807, 2.05) is 6.92 Å². The Labute approximate surface area is 184 Å². The van der Waals surface area contributed by atoms with Gasteiger partial charge in [-0.2, -0.15) is 27.5 Å². The molecule has 1 aliphatic rings. The van der Waals surface area contributed by atoms with Crippen LogP contribution in [0.4, 0.5) is 4.39 Å². The Hall–Kier alpha value is -3.09. The number of nitrogens with zero attached hydrogens (tertiary/aromatic N) is 5. The predicted molar refractivity (Wildman–Crippen MR) is 115 cm³/mol. The summed E-state index contributed by atoms with van der Waals surface area (Å²) in [7, 11) is -0.658. The molecule has 0 fully saturated rings. The first-order valence-electron chi connectivity index (χ1n) is 9.86. The lowest BCUT2D eigenvalue weighted by atomic mass is 10.2. The monoisotopic (exact) mass is 462 g/mol. The molecule has 0 radical (unpaired) electrons. The van der Waals surface area contributed by atoms with Crippen molar-refractivity contribution in [2.24, 2.45) is 4.99 Å². The summed E-state index contributed by atoms with van der Waals surface area (Å²) in [6, 6.07) is 3.14. The quantitative estimate of drug-likeness (QED) is 0.490. The highest BCUT2D eigenvalue weighted by atomic mass is 32.2. The summed E-state index contributed by atoms with van der Waals surface area (Å²) < 4.78 is 55.0. The van der Waals surface area contributed by atoms with Crippen molar-refractivity contribution >= 4 is 21.8 Å². The van der Waals surface area contributed by atoms with Crippen LogP contribution >= 0.6 is 0 Å². The van der Waals surface area contributed by atoms with Gasteiger partial charge in [-0.05, 0) is 32.1 Å². The number of hydrogen-bond donors (Lipinski definition) is 1. The molecule has 12 heteroatoms. The van der Waals surface area contributed by atoms with Gasteiger partial charge < -0.3 is 9.47 Å². The number of nitrogens with one attached hydrogen (secondary N) is 1. The maximum absolute atomic E-state index is 14.9. The van der Waals surface area contributed by atoms with Crippen LogP contribution in [0.25, 0.3) is 11.6 Å². The van der Waals surface area contributed by atoms with Gasteiger partial charge in [-0.3, -0.25) is 4.99 Å². The summed E-state index contributed by atoms with van der Waals surface area (Å²) >= 11 is 0. The SMILES string of the molecule is Cc1c(OCCNS(=O)(=O)N(C)C)cn2ncnc(Oc3ccc4c(c3F)=CC(C)N=4)c12. The minimum absolute atomic E-state index is 0.0334. The number of rotatable bonds is 8. The average Bonchev–Trinajstić information content (AvgIpc) is 3.28. The average molecular weight is 463 g/mol. The molecule has 1 N–H and O–H groups in total. The van der Waals surface area contributed by atoms with Crippen LogP contribution in [0.2, 0.25) is 0 Å². The van der Waals surface area contributed by atoms with E-state index in [4.69, 9.17) is 9.47 Å². The van der Waals surface area contributed by atoms with Gasteiger partial charge in [0.15, 0.2) is 11.6 Å². The normalized spacial score (nSPS) is 15.5. The summed E-state index contributed by atoms with van der Waals surface area (Å²) in [5.74, 6) is 0.185. The van der Waals surface area contributed by atoms with Crippen molar-refractivity contribution in [2.45, 2.75) is 19.9 Å². The predicted octanol–water partition coefficient (Wildman–Crippen LogP) is 0.546. The molecule has 2 aromatic heterocycles. The van der Waals surface area contributed by atoms with Gasteiger partial charge in [0, 0.05) is 31.4 Å². The Kier molecular flexibility index (Phi) is 5.84. The smallest absolute Gasteiger partial charge is 0.279 e. The van der Waals surface area contributed by atoms with Crippen molar-refractivity contribution < 1.29 is 22.3 Å². The minimum Gasteiger partial charge on any atom is -0.490 e. The van der Waals surface area contributed by atoms with Crippen LogP contribution in [0.5, 0.6) is 17.4 Å². The number of ether oxygens (including phenoxy) is 2. The van der Waals surface area contributed by atoms with E-state index in [9.17, 15) is 12.8 Å². The van der Waals surface area contributed by atoms with Crippen LogP contribution in [-0.4, -0.2) is 60.6 Å². The number of aryl methyl sites for hydroxylation is 1. The number of aromatic nitrogens is 3. The Morgan fingerprint density at radius 1 is 1.28 bits per heavy atom. The molecule has 3 heterocycles. The van der Waals surface area contributed by atoms with Crippen LogP contribution in [0.15, 0.2) is 29.6 Å². The Morgan fingerprint density at radius 2 is 2.06 bits per heavy atom. The molecule has 1 unspecified atom stereocenters. The van der Waals surface area contributed by atoms with Gasteiger partial charge in [0.1, 0.15) is 24.2 Å². The van der Waals surface area contributed by atoms with Crippen molar-refractivity contribution in [3.63, 3.8) is 0 Å². The van der Waals surface area contributed by atoms with Crippen LogP contribution in [0.3, 0.4) is 0 Å². The molecule has 1 aromatic carbocycles. The van der Waals surface area contributed by atoms with Crippen LogP contribution < -0.4 is 24.8 Å². The zero-order chi connectivity index (χ0) is 23.0. The fourth-order valence-electron chi connectivity index (χ4n) is 3.30. The molecule has 0 bridgehead atoms. The Balaban J connectivity index is 1.57. The maximum atomic E-state index is 14.9. The van der Waals surface area contributed by atoms with Crippen molar-refractivity contribution in [3.8, 4) is 17.4 Å². The molecule has 0 saturated heterocycles. The molecule has 0 spiro atoms. The van der Waals surface area contributed by atoms with Gasteiger partial charge in [0.25, 0.3) is 10.2 Å². The molecule has 1 atom stereocenters. The van der Waals surface area contributed by atoms with Gasteiger partial charge in [-0.1, -0.05) is 0 Å². The molecule has 3 aromatic rings. The fourth-order valence-corrected chi connectivity index (χ4v) is 3.90. The minimum atomic E-state index is -3.53. The Morgan fingerprint density at radius 3 is 2.81 bits per heavy atom. The van der Waals surface area contributed by atoms with Crippen LogP contribution in [-0.2, 0) is 10.2 Å². The van der Waals surface area contributed by atoms with E-state index < -0.39 is 16.0 Å². The highest BCUT2D eigenvalue weighted by Crippen LogP contribution is 2.32. The number of hydrogen-bond acceptors (Lipinski definition) is 7. The summed E-state index contributed by atoms with van der Waals surface area (Å²) in [6.45, 7) is 3.86. The van der Waals surface area contributed by atoms with Gasteiger partial charge in [-0.15, -0.1) is 0 Å². The highest BCUT2D eigenvalue weighted by Gasteiger charge is 2.19. The first-order chi connectivity index (χ1) is 15.2. The second-order valence-electron chi connectivity index (χ2n) is 7.46. The zero-order valence-electron chi connectivity index (χ0n) is 18.0. The maximum Gasteiger partial charge on any atom is 0.279 e. The van der Waals surface area contributed by atoms with Crippen molar-refractivity contribution in [1.82, 2.24) is 23.6 Å². The molecular weight excluding hydrogens is 439 g/mol. The number of benzene rings is 1. The van der Waals surface area contributed by atoms with E-state index in [1.165, 1.54) is 31.0 Å². The molecular formula is C20H23FN6O4S. The molecule has 4 rings (SSSR count). The van der Waals surface area contributed by atoms with E-state index >= 15 is 0 Å². The Bertz CT molecular complexity index is 1400. The van der Waals surface area contributed by atoms with E-state index in [0.29, 0.717) is 27.4 Å². The third kappa shape index (κ3) is 4.16. The third-order valence-corrected chi connectivity index (χ3v) is 6.48. The van der Waals surface area contributed by atoms with Gasteiger partial charge >= 0.3 is 0 Å². The summed E-state index contributed by atoms with van der Waals surface area (Å²) in [5, 5.41) is 5.16. The molecule has 10 nitrogen and oxygen atoms in total. The fraction of sp³-hybridized carbons (Fsp3) is 0.350. The highest BCUT2D eigenvalue weighted by molar-refractivity contribution is 7.87. The summed E-state index contributed by atoms with van der Waals surface area (Å²) in [4.78, 5) is 8.51. The van der Waals surface area contributed by atoms with Crippen LogP contribution in [0, 0.1) is 12.7 Å². The zero-order valence-corrected chi connectivity index (χ0v) is 18.9. The number of fused-ring (bicyclic) bond motifs is 2. The lowest BCUT2D eigenvalue weighted by molar-refractivity contribution is 0.319. The van der Waals surface area contributed by atoms with Crippen molar-refractivity contribution in [2.75, 3.05) is 27.2 Å². The second-order valence-corrected chi connectivity index (χ2v) is 9.42. The lowest BCUT2D eigenvalue weighted by Crippen LogP contribution is -2.37. The topological polar surface area (TPSA) is 110 Å². The summed E-state index contributed by atoms with van der Waals surface area (Å²) in [5.41, 5.74) is 1.19. The molecule has 32 heavy (non-hydrogen) atoms. The van der Waals surface area contributed by atoms with Crippen LogP contribution in [0.1, 0.15) is 12.5 Å². The third-order valence-electron chi connectivity index (χ3n) is 4.95. The molecule has 170 valence electrons. The molecule has 0 amide bonds. The first kappa shape index (κ1) is 22.1. The summed E-state index contributed by atoms with van der Waals surface area (Å²) in [6.07, 6.45) is 4.67. The van der Waals surface area contributed by atoms with Gasteiger partial charge in [0.2, 0.25) is 5.88 Å². The van der Waals surface area contributed by atoms with E-state index in [1.54, 1.807) is 25.3 Å². The van der Waals surface area contributed by atoms with Crippen molar-refractivity contribution in [3.05, 3.63) is 46.6 Å². The molecule has 1 aliphatic heterocycles. The van der Waals surface area contributed by atoms with Crippen molar-refractivity contribution in [1.29, 1.82) is 0 Å². The first-order valence-corrected chi connectivity index (χ1v) is 11.3.